The molecule has 2 aromatic carbocycles. The highest BCUT2D eigenvalue weighted by atomic mass is 19.1. The van der Waals surface area contributed by atoms with Crippen molar-refractivity contribution < 1.29 is 19.0 Å². The molecule has 0 aliphatic carbocycles. The van der Waals surface area contributed by atoms with Gasteiger partial charge in [0, 0.05) is 0 Å². The fourth-order valence-corrected chi connectivity index (χ4v) is 2.21. The summed E-state index contributed by atoms with van der Waals surface area (Å²) in [5.41, 5.74) is -0.822. The molecule has 0 heterocycles. The quantitative estimate of drug-likeness (QED) is 0.932. The molecule has 1 N–H and O–H groups in total. The van der Waals surface area contributed by atoms with Crippen molar-refractivity contribution in [1.82, 2.24) is 0 Å². The van der Waals surface area contributed by atoms with Crippen molar-refractivity contribution in [3.63, 3.8) is 0 Å². The minimum atomic E-state index is -1.50. The Hall–Kier alpha value is -2.07. The molecule has 0 aromatic heterocycles. The third-order valence-corrected chi connectivity index (χ3v) is 3.33. The highest BCUT2D eigenvalue weighted by Crippen LogP contribution is 2.37. The molecular weight excluding hydrogens is 259 g/mol. The lowest BCUT2D eigenvalue weighted by molar-refractivity contribution is 0.0944. The van der Waals surface area contributed by atoms with E-state index < -0.39 is 11.4 Å². The molecule has 0 amide bonds. The first-order valence-electron chi connectivity index (χ1n) is 6.20. The summed E-state index contributed by atoms with van der Waals surface area (Å²) in [6.07, 6.45) is 0. The van der Waals surface area contributed by atoms with Gasteiger partial charge in [0.25, 0.3) is 0 Å². The van der Waals surface area contributed by atoms with E-state index in [1.165, 1.54) is 20.1 Å². The van der Waals surface area contributed by atoms with Gasteiger partial charge in [0.1, 0.15) is 22.9 Å². The number of hydrogen-bond acceptors (Lipinski definition) is 3. The van der Waals surface area contributed by atoms with E-state index >= 15 is 0 Å². The molecule has 0 aliphatic heterocycles. The lowest BCUT2D eigenvalue weighted by Gasteiger charge is -2.26. The summed E-state index contributed by atoms with van der Waals surface area (Å²) < 4.78 is 24.3. The maximum atomic E-state index is 14.1. The van der Waals surface area contributed by atoms with Gasteiger partial charge in [-0.2, -0.15) is 0 Å². The van der Waals surface area contributed by atoms with Crippen LogP contribution in [-0.2, 0) is 5.60 Å². The maximum absolute atomic E-state index is 14.1. The van der Waals surface area contributed by atoms with E-state index in [-0.39, 0.29) is 5.56 Å². The Labute approximate surface area is 117 Å². The van der Waals surface area contributed by atoms with Gasteiger partial charge in [-0.15, -0.1) is 0 Å². The SMILES string of the molecule is COc1ccc(C(C)(O)c2c(F)cccc2OC)cc1. The largest absolute Gasteiger partial charge is 0.497 e. The number of benzene rings is 2. The third kappa shape index (κ3) is 2.47. The van der Waals surface area contributed by atoms with Crippen molar-refractivity contribution in [2.45, 2.75) is 12.5 Å². The molecule has 0 fully saturated rings. The van der Waals surface area contributed by atoms with E-state index in [1.807, 2.05) is 0 Å². The molecular formula is C16H17FO3. The molecule has 0 bridgehead atoms. The van der Waals surface area contributed by atoms with Crippen LogP contribution in [0.4, 0.5) is 4.39 Å². The van der Waals surface area contributed by atoms with Crippen molar-refractivity contribution in [1.29, 1.82) is 0 Å². The molecule has 0 radical (unpaired) electrons. The van der Waals surface area contributed by atoms with Crippen molar-refractivity contribution in [2.24, 2.45) is 0 Å². The molecule has 0 saturated carbocycles. The number of aliphatic hydroxyl groups is 1. The molecule has 2 aromatic rings. The molecule has 0 saturated heterocycles. The van der Waals surface area contributed by atoms with Gasteiger partial charge in [-0.1, -0.05) is 18.2 Å². The van der Waals surface area contributed by atoms with E-state index in [0.717, 1.165) is 0 Å². The van der Waals surface area contributed by atoms with E-state index in [1.54, 1.807) is 43.5 Å². The van der Waals surface area contributed by atoms with Gasteiger partial charge in [-0.25, -0.2) is 4.39 Å². The second kappa shape index (κ2) is 5.51. The zero-order valence-corrected chi connectivity index (χ0v) is 11.7. The summed E-state index contributed by atoms with van der Waals surface area (Å²) in [7, 11) is 3.01. The number of hydrogen-bond donors (Lipinski definition) is 1. The minimum Gasteiger partial charge on any atom is -0.497 e. The van der Waals surface area contributed by atoms with Crippen LogP contribution in [0, 0.1) is 5.82 Å². The Bertz CT molecular complexity index is 591. The Kier molecular flexibility index (Phi) is 3.95. The Morgan fingerprint density at radius 2 is 1.65 bits per heavy atom. The fourth-order valence-electron chi connectivity index (χ4n) is 2.21. The Balaban J connectivity index is 2.53. The molecule has 0 aliphatic rings. The predicted molar refractivity (Wildman–Crippen MR) is 74.6 cm³/mol. The van der Waals surface area contributed by atoms with Crippen molar-refractivity contribution >= 4 is 0 Å². The summed E-state index contributed by atoms with van der Waals surface area (Å²) >= 11 is 0. The minimum absolute atomic E-state index is 0.118. The van der Waals surface area contributed by atoms with Crippen LogP contribution in [0.1, 0.15) is 18.1 Å². The Morgan fingerprint density at radius 1 is 1.00 bits per heavy atom. The summed E-state index contributed by atoms with van der Waals surface area (Å²) in [4.78, 5) is 0. The van der Waals surface area contributed by atoms with Crippen LogP contribution in [0.2, 0.25) is 0 Å². The lowest BCUT2D eigenvalue weighted by atomic mass is 9.87. The highest BCUT2D eigenvalue weighted by molar-refractivity contribution is 5.46. The van der Waals surface area contributed by atoms with Crippen molar-refractivity contribution in [3.05, 3.63) is 59.4 Å². The van der Waals surface area contributed by atoms with Crippen LogP contribution in [0.15, 0.2) is 42.5 Å². The van der Waals surface area contributed by atoms with Gasteiger partial charge in [-0.3, -0.25) is 0 Å². The first-order chi connectivity index (χ1) is 9.50. The van der Waals surface area contributed by atoms with Gasteiger partial charge in [0.05, 0.1) is 19.8 Å². The number of methoxy groups -OCH3 is 2. The zero-order valence-electron chi connectivity index (χ0n) is 11.7. The average Bonchev–Trinajstić information content (AvgIpc) is 2.46. The van der Waals surface area contributed by atoms with E-state index in [0.29, 0.717) is 17.1 Å². The number of ether oxygens (including phenoxy) is 2. The van der Waals surface area contributed by atoms with Gasteiger partial charge in [0.15, 0.2) is 0 Å². The summed E-state index contributed by atoms with van der Waals surface area (Å²) in [6, 6.07) is 11.3. The fraction of sp³-hybridized carbons (Fsp3) is 0.250. The zero-order chi connectivity index (χ0) is 14.8. The van der Waals surface area contributed by atoms with Gasteiger partial charge < -0.3 is 14.6 Å². The van der Waals surface area contributed by atoms with Crippen LogP contribution in [-0.4, -0.2) is 19.3 Å². The molecule has 0 spiro atoms. The Morgan fingerprint density at radius 3 is 2.20 bits per heavy atom. The topological polar surface area (TPSA) is 38.7 Å². The third-order valence-electron chi connectivity index (χ3n) is 3.33. The molecule has 1 unspecified atom stereocenters. The first-order valence-corrected chi connectivity index (χ1v) is 6.20. The molecule has 1 atom stereocenters. The summed E-state index contributed by atoms with van der Waals surface area (Å²) in [5, 5.41) is 10.8. The van der Waals surface area contributed by atoms with Crippen molar-refractivity contribution in [3.8, 4) is 11.5 Å². The first kappa shape index (κ1) is 14.3. The van der Waals surface area contributed by atoms with Gasteiger partial charge in [-0.05, 0) is 36.8 Å². The monoisotopic (exact) mass is 276 g/mol. The van der Waals surface area contributed by atoms with Crippen LogP contribution < -0.4 is 9.47 Å². The lowest BCUT2D eigenvalue weighted by Crippen LogP contribution is -2.25. The molecule has 4 heteroatoms. The normalized spacial score (nSPS) is 13.7. The number of halogens is 1. The second-order valence-electron chi connectivity index (χ2n) is 4.62. The van der Waals surface area contributed by atoms with Gasteiger partial charge in [0.2, 0.25) is 0 Å². The standard InChI is InChI=1S/C16H17FO3/c1-16(18,11-7-9-12(19-2)10-8-11)15-13(17)5-4-6-14(15)20-3/h4-10,18H,1-3H3. The van der Waals surface area contributed by atoms with E-state index in [4.69, 9.17) is 9.47 Å². The van der Waals surface area contributed by atoms with E-state index in [9.17, 15) is 9.50 Å². The van der Waals surface area contributed by atoms with Crippen molar-refractivity contribution in [2.75, 3.05) is 14.2 Å². The molecule has 20 heavy (non-hydrogen) atoms. The van der Waals surface area contributed by atoms with Crippen LogP contribution >= 0.6 is 0 Å². The molecule has 106 valence electrons. The molecule has 3 nitrogen and oxygen atoms in total. The summed E-state index contributed by atoms with van der Waals surface area (Å²) in [5.74, 6) is 0.473. The van der Waals surface area contributed by atoms with Crippen LogP contribution in [0.25, 0.3) is 0 Å². The summed E-state index contributed by atoms with van der Waals surface area (Å²) in [6.45, 7) is 1.54. The van der Waals surface area contributed by atoms with E-state index in [2.05, 4.69) is 0 Å². The average molecular weight is 276 g/mol. The van der Waals surface area contributed by atoms with Crippen LogP contribution in [0.5, 0.6) is 11.5 Å². The smallest absolute Gasteiger partial charge is 0.133 e. The van der Waals surface area contributed by atoms with Crippen LogP contribution in [0.3, 0.4) is 0 Å². The maximum Gasteiger partial charge on any atom is 0.133 e. The number of rotatable bonds is 4. The molecule has 2 rings (SSSR count). The van der Waals surface area contributed by atoms with Gasteiger partial charge >= 0.3 is 0 Å². The highest BCUT2D eigenvalue weighted by Gasteiger charge is 2.32. The second-order valence-corrected chi connectivity index (χ2v) is 4.62. The predicted octanol–water partition coefficient (Wildman–Crippen LogP) is 3.10.